The molecule has 3 heteroatoms. The van der Waals surface area contributed by atoms with E-state index < -0.39 is 10.8 Å². The Hall–Kier alpha value is -0.540. The zero-order valence-corrected chi connectivity index (χ0v) is 10.7. The molecule has 0 radical (unpaired) electrons. The van der Waals surface area contributed by atoms with Crippen LogP contribution < -0.4 is 0 Å². The van der Waals surface area contributed by atoms with E-state index in [2.05, 4.69) is 18.2 Å². The van der Waals surface area contributed by atoms with E-state index in [1.807, 2.05) is 24.5 Å². The molecule has 1 aromatic carbocycles. The maximum absolute atomic E-state index is 11.2. The number of thioether (sulfide) groups is 1. The molecule has 0 heterocycles. The molecule has 0 aliphatic heterocycles. The molecule has 0 bridgehead atoms. The summed E-state index contributed by atoms with van der Waals surface area (Å²) >= 11 is 1.57. The first-order valence-corrected chi connectivity index (χ1v) is 7.64. The topological polar surface area (TPSA) is 17.1 Å². The third-order valence-corrected chi connectivity index (χ3v) is 4.58. The van der Waals surface area contributed by atoms with Gasteiger partial charge in [0.1, 0.15) is 0 Å². The van der Waals surface area contributed by atoms with Crippen molar-refractivity contribution in [3.8, 4) is 0 Å². The molecule has 0 spiro atoms. The van der Waals surface area contributed by atoms with E-state index in [1.165, 1.54) is 5.56 Å². The number of benzene rings is 1. The van der Waals surface area contributed by atoms with Crippen LogP contribution in [-0.4, -0.2) is 16.7 Å². The Kier molecular flexibility index (Phi) is 5.73. The van der Waals surface area contributed by atoms with Crippen molar-refractivity contribution in [2.75, 3.05) is 12.5 Å². The van der Waals surface area contributed by atoms with Crippen molar-refractivity contribution in [3.05, 3.63) is 46.2 Å². The number of rotatable bonds is 5. The molecule has 0 fully saturated rings. The van der Waals surface area contributed by atoms with E-state index in [9.17, 15) is 4.21 Å². The van der Waals surface area contributed by atoms with Crippen LogP contribution in [0, 0.1) is 0 Å². The van der Waals surface area contributed by atoms with E-state index in [4.69, 9.17) is 0 Å². The van der Waals surface area contributed by atoms with Gasteiger partial charge in [-0.2, -0.15) is 0 Å². The summed E-state index contributed by atoms with van der Waals surface area (Å²) in [5.41, 5.74) is 1.33. The Morgan fingerprint density at radius 2 is 2.07 bits per heavy atom. The fraction of sp³-hybridized carbons (Fsp3) is 0.333. The van der Waals surface area contributed by atoms with Crippen LogP contribution >= 0.6 is 11.8 Å². The predicted octanol–water partition coefficient (Wildman–Crippen LogP) is 3.20. The third-order valence-electron chi connectivity index (χ3n) is 2.07. The van der Waals surface area contributed by atoms with Crippen LogP contribution in [0.1, 0.15) is 12.0 Å². The Morgan fingerprint density at radius 1 is 1.40 bits per heavy atom. The van der Waals surface area contributed by atoms with Gasteiger partial charge in [0.25, 0.3) is 0 Å². The maximum atomic E-state index is 11.2. The fourth-order valence-corrected chi connectivity index (χ4v) is 2.90. The Balaban J connectivity index is 2.48. The molecule has 1 nitrogen and oxygen atoms in total. The van der Waals surface area contributed by atoms with Gasteiger partial charge in [0.05, 0.1) is 15.0 Å². The first-order valence-electron chi connectivity index (χ1n) is 4.85. The number of allylic oxidation sites excluding steroid dienone is 1. The summed E-state index contributed by atoms with van der Waals surface area (Å²) in [7, 11) is -0.837. The van der Waals surface area contributed by atoms with E-state index in [0.29, 0.717) is 0 Å². The van der Waals surface area contributed by atoms with Gasteiger partial charge in [-0.1, -0.05) is 36.4 Å². The molecular weight excluding hydrogens is 224 g/mol. The lowest BCUT2D eigenvalue weighted by Gasteiger charge is -2.00. The van der Waals surface area contributed by atoms with Gasteiger partial charge in [-0.3, -0.25) is 4.21 Å². The van der Waals surface area contributed by atoms with Crippen molar-refractivity contribution in [2.45, 2.75) is 12.8 Å². The monoisotopic (exact) mass is 240 g/mol. The molecule has 0 aliphatic carbocycles. The minimum absolute atomic E-state index is 0.837. The molecule has 0 amide bonds. The largest absolute Gasteiger partial charge is 0.254 e. The summed E-state index contributed by atoms with van der Waals surface area (Å²) < 4.78 is 12.2. The summed E-state index contributed by atoms with van der Waals surface area (Å²) in [5, 5.41) is 0. The molecule has 0 saturated carbocycles. The Morgan fingerprint density at radius 3 is 2.60 bits per heavy atom. The molecule has 0 N–H and O–H groups in total. The summed E-state index contributed by atoms with van der Waals surface area (Å²) in [6.45, 7) is 0. The molecule has 15 heavy (non-hydrogen) atoms. The van der Waals surface area contributed by atoms with Crippen molar-refractivity contribution >= 4 is 22.6 Å². The van der Waals surface area contributed by atoms with Gasteiger partial charge in [-0.25, -0.2) is 0 Å². The van der Waals surface area contributed by atoms with Crippen molar-refractivity contribution in [1.82, 2.24) is 0 Å². The Labute approximate surface area is 98.4 Å². The average molecular weight is 240 g/mol. The van der Waals surface area contributed by atoms with Crippen molar-refractivity contribution in [2.24, 2.45) is 0 Å². The lowest BCUT2D eigenvalue weighted by atomic mass is 10.1. The molecule has 1 unspecified atom stereocenters. The summed E-state index contributed by atoms with van der Waals surface area (Å²) in [6, 6.07) is 10.4. The van der Waals surface area contributed by atoms with Gasteiger partial charge in [-0.15, -0.1) is 11.8 Å². The molecule has 0 saturated heterocycles. The standard InChI is InChI=1S/C12H16OS2/c1-14-12(15(2)13)10-6-9-11-7-4-3-5-8-11/h3-5,7-8,10H,6,9H2,1-2H3/b12-10+. The van der Waals surface area contributed by atoms with Crippen LogP contribution in [0.3, 0.4) is 0 Å². The van der Waals surface area contributed by atoms with Crippen LogP contribution in [0.5, 0.6) is 0 Å². The number of aryl methyl sites for hydroxylation is 1. The molecule has 1 rings (SSSR count). The quantitative estimate of drug-likeness (QED) is 0.786. The van der Waals surface area contributed by atoms with Gasteiger partial charge < -0.3 is 0 Å². The zero-order chi connectivity index (χ0) is 11.1. The van der Waals surface area contributed by atoms with E-state index >= 15 is 0 Å². The van der Waals surface area contributed by atoms with Crippen molar-refractivity contribution < 1.29 is 4.21 Å². The van der Waals surface area contributed by atoms with Crippen molar-refractivity contribution in [3.63, 3.8) is 0 Å². The normalized spacial score (nSPS) is 13.9. The Bertz CT molecular complexity index is 344. The molecule has 1 atom stereocenters. The van der Waals surface area contributed by atoms with Crippen LogP contribution in [0.2, 0.25) is 0 Å². The lowest BCUT2D eigenvalue weighted by molar-refractivity contribution is 0.691. The van der Waals surface area contributed by atoms with Gasteiger partial charge in [0.2, 0.25) is 0 Å². The predicted molar refractivity (Wildman–Crippen MR) is 70.4 cm³/mol. The first kappa shape index (κ1) is 12.5. The van der Waals surface area contributed by atoms with E-state index in [0.717, 1.165) is 17.1 Å². The summed E-state index contributed by atoms with van der Waals surface area (Å²) in [5.74, 6) is 0. The van der Waals surface area contributed by atoms with E-state index in [-0.39, 0.29) is 0 Å². The zero-order valence-electron chi connectivity index (χ0n) is 9.10. The second kappa shape index (κ2) is 6.85. The maximum Gasteiger partial charge on any atom is 0.0670 e. The van der Waals surface area contributed by atoms with E-state index in [1.54, 1.807) is 18.0 Å². The second-order valence-corrected chi connectivity index (χ2v) is 5.66. The van der Waals surface area contributed by atoms with Gasteiger partial charge >= 0.3 is 0 Å². The molecular formula is C12H16OS2. The van der Waals surface area contributed by atoms with Crippen LogP contribution in [0.15, 0.2) is 40.6 Å². The highest BCUT2D eigenvalue weighted by Gasteiger charge is 1.98. The van der Waals surface area contributed by atoms with Crippen LogP contribution in [0.25, 0.3) is 0 Å². The van der Waals surface area contributed by atoms with Crippen molar-refractivity contribution in [1.29, 1.82) is 0 Å². The van der Waals surface area contributed by atoms with Gasteiger partial charge in [-0.05, 0) is 24.7 Å². The lowest BCUT2D eigenvalue weighted by Crippen LogP contribution is -1.88. The summed E-state index contributed by atoms with van der Waals surface area (Å²) in [6.07, 6.45) is 7.75. The van der Waals surface area contributed by atoms with Gasteiger partial charge in [0, 0.05) is 6.26 Å². The molecule has 1 aromatic rings. The highest BCUT2D eigenvalue weighted by molar-refractivity contribution is 8.15. The smallest absolute Gasteiger partial charge is 0.0670 e. The summed E-state index contributed by atoms with van der Waals surface area (Å²) in [4.78, 5) is 0. The van der Waals surface area contributed by atoms with Gasteiger partial charge in [0.15, 0.2) is 0 Å². The first-order chi connectivity index (χ1) is 7.24. The molecule has 82 valence electrons. The van der Waals surface area contributed by atoms with Crippen LogP contribution in [0.4, 0.5) is 0 Å². The second-order valence-electron chi connectivity index (χ2n) is 3.21. The molecule has 0 aromatic heterocycles. The third kappa shape index (κ3) is 4.67. The highest BCUT2D eigenvalue weighted by Crippen LogP contribution is 2.16. The number of hydrogen-bond acceptors (Lipinski definition) is 2. The average Bonchev–Trinajstić information content (AvgIpc) is 2.25. The fourth-order valence-electron chi connectivity index (χ4n) is 1.32. The highest BCUT2D eigenvalue weighted by atomic mass is 32.2. The minimum Gasteiger partial charge on any atom is -0.254 e. The molecule has 0 aliphatic rings. The number of hydrogen-bond donors (Lipinski definition) is 0. The minimum atomic E-state index is -0.837. The SMILES string of the molecule is CS/C(=C\CCc1ccccc1)S(C)=O. The van der Waals surface area contributed by atoms with Crippen LogP contribution in [-0.2, 0) is 17.2 Å².